The molecule has 0 spiro atoms. The maximum absolute atomic E-state index is 12.6. The summed E-state index contributed by atoms with van der Waals surface area (Å²) in [5.74, 6) is 0.630. The van der Waals surface area contributed by atoms with E-state index in [-0.39, 0.29) is 11.5 Å². The number of benzene rings is 1. The van der Waals surface area contributed by atoms with Crippen LogP contribution in [0.3, 0.4) is 0 Å². The Kier molecular flexibility index (Phi) is 7.61. The molecule has 0 saturated carbocycles. The van der Waals surface area contributed by atoms with Crippen LogP contribution in [0.15, 0.2) is 47.4 Å². The second kappa shape index (κ2) is 10.4. The molecule has 156 valence electrons. The number of amides is 1. The summed E-state index contributed by atoms with van der Waals surface area (Å²) in [5, 5.41) is 3.00. The molecule has 0 aliphatic carbocycles. The van der Waals surface area contributed by atoms with Gasteiger partial charge >= 0.3 is 0 Å². The minimum atomic E-state index is -0.183. The summed E-state index contributed by atoms with van der Waals surface area (Å²) in [4.78, 5) is 27.0. The molecule has 0 radical (unpaired) electrons. The van der Waals surface area contributed by atoms with Crippen LogP contribution < -0.4 is 10.9 Å². The molecule has 6 nitrogen and oxygen atoms in total. The van der Waals surface area contributed by atoms with Gasteiger partial charge < -0.3 is 14.6 Å². The first-order valence-corrected chi connectivity index (χ1v) is 10.3. The lowest BCUT2D eigenvalue weighted by molar-refractivity contribution is 0.0949. The largest absolute Gasteiger partial charge is 0.383 e. The molecule has 0 unspecified atom stereocenters. The van der Waals surface area contributed by atoms with E-state index in [9.17, 15) is 9.59 Å². The molecule has 3 rings (SSSR count). The minimum Gasteiger partial charge on any atom is -0.383 e. The molecule has 1 aliphatic rings. The predicted octanol–water partition coefficient (Wildman–Crippen LogP) is 2.66. The van der Waals surface area contributed by atoms with Crippen LogP contribution >= 0.6 is 0 Å². The van der Waals surface area contributed by atoms with E-state index in [0.29, 0.717) is 25.3 Å². The summed E-state index contributed by atoms with van der Waals surface area (Å²) in [6, 6.07) is 11.3. The maximum atomic E-state index is 12.6. The van der Waals surface area contributed by atoms with Crippen LogP contribution in [0.5, 0.6) is 0 Å². The van der Waals surface area contributed by atoms with Gasteiger partial charge in [-0.2, -0.15) is 0 Å². The van der Waals surface area contributed by atoms with Crippen LogP contribution in [0, 0.1) is 5.92 Å². The van der Waals surface area contributed by atoms with Crippen molar-refractivity contribution in [3.05, 3.63) is 69.6 Å². The van der Waals surface area contributed by atoms with E-state index in [1.54, 1.807) is 19.4 Å². The first-order valence-electron chi connectivity index (χ1n) is 10.3. The van der Waals surface area contributed by atoms with Gasteiger partial charge in [0, 0.05) is 39.0 Å². The smallest absolute Gasteiger partial charge is 0.253 e. The van der Waals surface area contributed by atoms with Crippen LogP contribution in [0.1, 0.15) is 41.3 Å². The van der Waals surface area contributed by atoms with E-state index in [2.05, 4.69) is 35.3 Å². The molecule has 2 aromatic rings. The van der Waals surface area contributed by atoms with Crippen molar-refractivity contribution in [2.24, 2.45) is 5.92 Å². The molecule has 1 amide bonds. The summed E-state index contributed by atoms with van der Waals surface area (Å²) in [7, 11) is 1.59. The quantitative estimate of drug-likeness (QED) is 0.744. The van der Waals surface area contributed by atoms with Crippen molar-refractivity contribution >= 4 is 5.91 Å². The molecular formula is C23H31N3O3. The van der Waals surface area contributed by atoms with E-state index in [1.165, 1.54) is 29.0 Å². The highest BCUT2D eigenvalue weighted by atomic mass is 16.5. The van der Waals surface area contributed by atoms with Crippen molar-refractivity contribution in [1.82, 2.24) is 14.8 Å². The molecule has 1 fully saturated rings. The fraction of sp³-hybridized carbons (Fsp3) is 0.478. The Hall–Kier alpha value is -2.44. The zero-order chi connectivity index (χ0) is 20.6. The number of rotatable bonds is 8. The number of hydrogen-bond acceptors (Lipinski definition) is 4. The first kappa shape index (κ1) is 21.3. The first-order chi connectivity index (χ1) is 14.1. The minimum absolute atomic E-state index is 0.139. The number of methoxy groups -OCH3 is 1. The Morgan fingerprint density at radius 3 is 2.59 bits per heavy atom. The van der Waals surface area contributed by atoms with Crippen molar-refractivity contribution < 1.29 is 9.53 Å². The Morgan fingerprint density at radius 2 is 1.86 bits per heavy atom. The molecule has 1 N–H and O–H groups in total. The van der Waals surface area contributed by atoms with Crippen LogP contribution in [-0.2, 0) is 24.4 Å². The summed E-state index contributed by atoms with van der Waals surface area (Å²) >= 11 is 0. The molecule has 1 aromatic heterocycles. The van der Waals surface area contributed by atoms with Crippen molar-refractivity contribution in [3.63, 3.8) is 0 Å². The fourth-order valence-electron chi connectivity index (χ4n) is 3.65. The lowest BCUT2D eigenvalue weighted by Gasteiger charge is -2.30. The monoisotopic (exact) mass is 397 g/mol. The summed E-state index contributed by atoms with van der Waals surface area (Å²) in [5.41, 5.74) is 2.72. The van der Waals surface area contributed by atoms with Gasteiger partial charge in [0.1, 0.15) is 0 Å². The Morgan fingerprint density at radius 1 is 1.14 bits per heavy atom. The Balaban J connectivity index is 1.62. The van der Waals surface area contributed by atoms with E-state index in [4.69, 9.17) is 4.74 Å². The number of aromatic nitrogens is 1. The predicted molar refractivity (Wildman–Crippen MR) is 114 cm³/mol. The number of hydrogen-bond donors (Lipinski definition) is 1. The number of carbonyl (C=O) groups is 1. The molecule has 1 aliphatic heterocycles. The standard InChI is InChI=1S/C23H31N3O3/c1-18-9-11-25(12-10-18)16-20-6-4-3-5-19(20)15-24-23(28)21-7-8-22(27)26(17-21)13-14-29-2/h3-8,17-18H,9-16H2,1-2H3,(H,24,28). The van der Waals surface area contributed by atoms with E-state index in [1.807, 2.05) is 6.07 Å². The van der Waals surface area contributed by atoms with Crippen LogP contribution in [0.4, 0.5) is 0 Å². The number of ether oxygens (including phenoxy) is 1. The zero-order valence-corrected chi connectivity index (χ0v) is 17.4. The normalized spacial score (nSPS) is 15.4. The van der Waals surface area contributed by atoms with Crippen molar-refractivity contribution in [2.75, 3.05) is 26.8 Å². The van der Waals surface area contributed by atoms with E-state index in [0.717, 1.165) is 31.1 Å². The van der Waals surface area contributed by atoms with Gasteiger partial charge in [0.25, 0.3) is 11.5 Å². The highest BCUT2D eigenvalue weighted by molar-refractivity contribution is 5.93. The van der Waals surface area contributed by atoms with Crippen LogP contribution in [0.25, 0.3) is 0 Å². The number of piperidine rings is 1. The van der Waals surface area contributed by atoms with Gasteiger partial charge in [-0.05, 0) is 49.0 Å². The highest BCUT2D eigenvalue weighted by Gasteiger charge is 2.17. The number of likely N-dealkylation sites (tertiary alicyclic amines) is 1. The van der Waals surface area contributed by atoms with Gasteiger partial charge in [0.2, 0.25) is 0 Å². The van der Waals surface area contributed by atoms with Gasteiger partial charge in [-0.15, -0.1) is 0 Å². The molecule has 2 heterocycles. The van der Waals surface area contributed by atoms with E-state index >= 15 is 0 Å². The lowest BCUT2D eigenvalue weighted by Crippen LogP contribution is -2.33. The summed E-state index contributed by atoms with van der Waals surface area (Å²) in [6.07, 6.45) is 4.09. The molecular weight excluding hydrogens is 366 g/mol. The number of carbonyl (C=O) groups excluding carboxylic acids is 1. The third kappa shape index (κ3) is 6.02. The molecule has 1 saturated heterocycles. The van der Waals surface area contributed by atoms with Gasteiger partial charge in [-0.1, -0.05) is 31.2 Å². The second-order valence-corrected chi connectivity index (χ2v) is 7.85. The Bertz CT molecular complexity index is 870. The molecule has 1 aromatic carbocycles. The average Bonchev–Trinajstić information content (AvgIpc) is 2.74. The maximum Gasteiger partial charge on any atom is 0.253 e. The number of nitrogens with one attached hydrogen (secondary N) is 1. The second-order valence-electron chi connectivity index (χ2n) is 7.85. The Labute approximate surface area is 172 Å². The molecule has 6 heteroatoms. The molecule has 0 atom stereocenters. The van der Waals surface area contributed by atoms with Crippen molar-refractivity contribution in [3.8, 4) is 0 Å². The summed E-state index contributed by atoms with van der Waals surface area (Å²) < 4.78 is 6.53. The van der Waals surface area contributed by atoms with Crippen LogP contribution in [-0.4, -0.2) is 42.2 Å². The third-order valence-corrected chi connectivity index (χ3v) is 5.61. The van der Waals surface area contributed by atoms with Crippen molar-refractivity contribution in [2.45, 2.75) is 39.4 Å². The fourth-order valence-corrected chi connectivity index (χ4v) is 3.65. The lowest BCUT2D eigenvalue weighted by atomic mass is 9.98. The van der Waals surface area contributed by atoms with Gasteiger partial charge in [-0.25, -0.2) is 0 Å². The van der Waals surface area contributed by atoms with Crippen molar-refractivity contribution in [1.29, 1.82) is 0 Å². The summed E-state index contributed by atoms with van der Waals surface area (Å²) in [6.45, 7) is 6.81. The SMILES string of the molecule is COCCn1cc(C(=O)NCc2ccccc2CN2CCC(C)CC2)ccc1=O. The van der Waals surface area contributed by atoms with Gasteiger partial charge in [0.15, 0.2) is 0 Å². The van der Waals surface area contributed by atoms with Gasteiger partial charge in [0.05, 0.1) is 12.2 Å². The molecule has 29 heavy (non-hydrogen) atoms. The zero-order valence-electron chi connectivity index (χ0n) is 17.4. The average molecular weight is 398 g/mol. The van der Waals surface area contributed by atoms with Crippen LogP contribution in [0.2, 0.25) is 0 Å². The third-order valence-electron chi connectivity index (χ3n) is 5.61. The highest BCUT2D eigenvalue weighted by Crippen LogP contribution is 2.19. The topological polar surface area (TPSA) is 63.6 Å². The number of nitrogens with zero attached hydrogens (tertiary/aromatic N) is 2. The number of pyridine rings is 1. The van der Waals surface area contributed by atoms with Gasteiger partial charge in [-0.3, -0.25) is 14.5 Å². The van der Waals surface area contributed by atoms with E-state index < -0.39 is 0 Å². The molecule has 0 bridgehead atoms.